The molecule has 1 aliphatic heterocycles. The summed E-state index contributed by atoms with van der Waals surface area (Å²) in [4.78, 5) is 12.7. The van der Waals surface area contributed by atoms with Crippen molar-refractivity contribution in [1.82, 2.24) is 4.31 Å². The average Bonchev–Trinajstić information content (AvgIpc) is 2.77. The van der Waals surface area contributed by atoms with Gasteiger partial charge < -0.3 is 10.1 Å². The molecule has 2 aromatic carbocycles. The highest BCUT2D eigenvalue weighted by Gasteiger charge is 2.30. The van der Waals surface area contributed by atoms with Crippen molar-refractivity contribution in [2.75, 3.05) is 24.2 Å². The summed E-state index contributed by atoms with van der Waals surface area (Å²) in [5.74, 6) is 0.0792. The van der Waals surface area contributed by atoms with Crippen LogP contribution < -0.4 is 10.1 Å². The summed E-state index contributed by atoms with van der Waals surface area (Å²) in [6, 6.07) is 13.3. The van der Waals surface area contributed by atoms with Crippen molar-refractivity contribution in [3.8, 4) is 5.75 Å². The number of benzene rings is 2. The molecule has 0 bridgehead atoms. The first-order valence-electron chi connectivity index (χ1n) is 10.6. The monoisotopic (exact) mass is 448 g/mol. The van der Waals surface area contributed by atoms with Crippen molar-refractivity contribution in [2.24, 2.45) is 5.92 Å². The second kappa shape index (κ2) is 10.7. The molecular weight excluding hydrogens is 419 g/mol. The highest BCUT2D eigenvalue weighted by Crippen LogP contribution is 2.24. The normalized spacial score (nSPS) is 15.5. The third-order valence-electron chi connectivity index (χ3n) is 5.37. The van der Waals surface area contributed by atoms with E-state index in [0.717, 1.165) is 12.0 Å². The molecule has 0 atom stereocenters. The standard InChI is InChI=1S/C23H29FN2O4S/c1-2-3-14-31(28,29)26-12-10-19(11-13-26)23(27)25-21-8-5-9-22(16-21)30-17-18-6-4-7-20(24)15-18/h4-9,15-16,19H,2-3,10-14,17H2,1H3,(H,25,27). The van der Waals surface area contributed by atoms with Crippen molar-refractivity contribution in [1.29, 1.82) is 0 Å². The highest BCUT2D eigenvalue weighted by molar-refractivity contribution is 7.89. The van der Waals surface area contributed by atoms with Crippen molar-refractivity contribution >= 4 is 21.6 Å². The predicted octanol–water partition coefficient (Wildman–Crippen LogP) is 4.19. The molecule has 31 heavy (non-hydrogen) atoms. The minimum absolute atomic E-state index is 0.118. The molecule has 1 aliphatic rings. The molecule has 1 amide bonds. The van der Waals surface area contributed by atoms with Gasteiger partial charge in [-0.3, -0.25) is 4.79 Å². The van der Waals surface area contributed by atoms with E-state index in [-0.39, 0.29) is 30.0 Å². The Balaban J connectivity index is 1.51. The van der Waals surface area contributed by atoms with Crippen LogP contribution in [0.5, 0.6) is 5.75 Å². The lowest BCUT2D eigenvalue weighted by Gasteiger charge is -2.30. The van der Waals surface area contributed by atoms with E-state index in [4.69, 9.17) is 4.74 Å². The van der Waals surface area contributed by atoms with E-state index in [1.54, 1.807) is 36.4 Å². The minimum Gasteiger partial charge on any atom is -0.489 e. The zero-order valence-electron chi connectivity index (χ0n) is 17.7. The fraction of sp³-hybridized carbons (Fsp3) is 0.435. The number of nitrogens with zero attached hydrogens (tertiary/aromatic N) is 1. The third-order valence-corrected chi connectivity index (χ3v) is 7.33. The zero-order chi connectivity index (χ0) is 22.3. The summed E-state index contributed by atoms with van der Waals surface area (Å²) in [5.41, 5.74) is 1.33. The van der Waals surface area contributed by atoms with E-state index >= 15 is 0 Å². The molecule has 1 N–H and O–H groups in total. The van der Waals surface area contributed by atoms with Crippen LogP contribution in [0.15, 0.2) is 48.5 Å². The van der Waals surface area contributed by atoms with E-state index in [2.05, 4.69) is 5.32 Å². The average molecular weight is 449 g/mol. The van der Waals surface area contributed by atoms with Crippen LogP contribution in [0.3, 0.4) is 0 Å². The number of anilines is 1. The van der Waals surface area contributed by atoms with Crippen LogP contribution in [-0.2, 0) is 21.4 Å². The Bertz CT molecular complexity index is 989. The number of carbonyl (C=O) groups excluding carboxylic acids is 1. The van der Waals surface area contributed by atoms with Crippen molar-refractivity contribution in [2.45, 2.75) is 39.2 Å². The van der Waals surface area contributed by atoms with Gasteiger partial charge in [0.1, 0.15) is 18.2 Å². The van der Waals surface area contributed by atoms with E-state index in [9.17, 15) is 17.6 Å². The molecule has 2 aromatic rings. The van der Waals surface area contributed by atoms with Crippen LogP contribution in [0.1, 0.15) is 38.2 Å². The Morgan fingerprint density at radius 3 is 2.61 bits per heavy atom. The molecule has 3 rings (SSSR count). The lowest BCUT2D eigenvalue weighted by Crippen LogP contribution is -2.42. The maximum Gasteiger partial charge on any atom is 0.227 e. The Morgan fingerprint density at radius 1 is 1.16 bits per heavy atom. The van der Waals surface area contributed by atoms with Crippen LogP contribution in [0.2, 0.25) is 0 Å². The fourth-order valence-electron chi connectivity index (χ4n) is 3.55. The smallest absolute Gasteiger partial charge is 0.227 e. The van der Waals surface area contributed by atoms with Gasteiger partial charge in [-0.1, -0.05) is 31.5 Å². The van der Waals surface area contributed by atoms with Gasteiger partial charge >= 0.3 is 0 Å². The Hall–Kier alpha value is -2.45. The number of hydrogen-bond donors (Lipinski definition) is 1. The van der Waals surface area contributed by atoms with Gasteiger partial charge in [0.2, 0.25) is 15.9 Å². The molecular formula is C23H29FN2O4S. The Labute approximate surface area is 183 Å². The number of carbonyl (C=O) groups is 1. The molecule has 6 nitrogen and oxygen atoms in total. The van der Waals surface area contributed by atoms with Crippen LogP contribution >= 0.6 is 0 Å². The molecule has 1 heterocycles. The molecule has 1 saturated heterocycles. The molecule has 0 radical (unpaired) electrons. The lowest BCUT2D eigenvalue weighted by molar-refractivity contribution is -0.120. The number of hydrogen-bond acceptors (Lipinski definition) is 4. The van der Waals surface area contributed by atoms with Gasteiger partial charge in [-0.15, -0.1) is 0 Å². The number of piperidine rings is 1. The van der Waals surface area contributed by atoms with Gasteiger partial charge in [0.05, 0.1) is 5.75 Å². The number of halogens is 1. The molecule has 8 heteroatoms. The Kier molecular flexibility index (Phi) is 8.03. The first-order chi connectivity index (χ1) is 14.9. The third kappa shape index (κ3) is 6.77. The van der Waals surface area contributed by atoms with E-state index in [0.29, 0.717) is 43.8 Å². The SMILES string of the molecule is CCCCS(=O)(=O)N1CCC(C(=O)Nc2cccc(OCc3cccc(F)c3)c2)CC1. The lowest BCUT2D eigenvalue weighted by atomic mass is 9.97. The summed E-state index contributed by atoms with van der Waals surface area (Å²) in [5, 5.41) is 2.90. The van der Waals surface area contributed by atoms with Crippen LogP contribution in [-0.4, -0.2) is 37.5 Å². The van der Waals surface area contributed by atoms with Crippen molar-refractivity contribution in [3.05, 3.63) is 59.9 Å². The van der Waals surface area contributed by atoms with Crippen molar-refractivity contribution < 1.29 is 22.3 Å². The highest BCUT2D eigenvalue weighted by atomic mass is 32.2. The molecule has 1 fully saturated rings. The second-order valence-electron chi connectivity index (χ2n) is 7.78. The van der Waals surface area contributed by atoms with E-state index < -0.39 is 10.0 Å². The first kappa shape index (κ1) is 23.2. The Morgan fingerprint density at radius 2 is 1.90 bits per heavy atom. The molecule has 0 aromatic heterocycles. The van der Waals surface area contributed by atoms with Gasteiger partial charge in [-0.05, 0) is 49.1 Å². The molecule has 0 unspecified atom stereocenters. The topological polar surface area (TPSA) is 75.7 Å². The van der Waals surface area contributed by atoms with Gasteiger partial charge in [0.15, 0.2) is 0 Å². The quantitative estimate of drug-likeness (QED) is 0.624. The largest absolute Gasteiger partial charge is 0.489 e. The zero-order valence-corrected chi connectivity index (χ0v) is 18.5. The number of unbranched alkanes of at least 4 members (excludes halogenated alkanes) is 1. The number of ether oxygens (including phenoxy) is 1. The summed E-state index contributed by atoms with van der Waals surface area (Å²) < 4.78 is 45.1. The maximum absolute atomic E-state index is 13.3. The maximum atomic E-state index is 13.3. The summed E-state index contributed by atoms with van der Waals surface area (Å²) in [6.45, 7) is 2.94. The number of sulfonamides is 1. The fourth-order valence-corrected chi connectivity index (χ4v) is 5.23. The van der Waals surface area contributed by atoms with Gasteiger partial charge in [-0.2, -0.15) is 0 Å². The van der Waals surface area contributed by atoms with Gasteiger partial charge in [0, 0.05) is 30.8 Å². The first-order valence-corrected chi connectivity index (χ1v) is 12.2. The number of nitrogens with one attached hydrogen (secondary N) is 1. The van der Waals surface area contributed by atoms with Gasteiger partial charge in [-0.25, -0.2) is 17.1 Å². The van der Waals surface area contributed by atoms with Crippen LogP contribution in [0.25, 0.3) is 0 Å². The van der Waals surface area contributed by atoms with Crippen molar-refractivity contribution in [3.63, 3.8) is 0 Å². The van der Waals surface area contributed by atoms with Crippen LogP contribution in [0.4, 0.5) is 10.1 Å². The van der Waals surface area contributed by atoms with Crippen LogP contribution in [0, 0.1) is 11.7 Å². The summed E-state index contributed by atoms with van der Waals surface area (Å²) in [7, 11) is -3.23. The van der Waals surface area contributed by atoms with E-state index in [1.807, 2.05) is 6.92 Å². The molecule has 0 saturated carbocycles. The number of amides is 1. The summed E-state index contributed by atoms with van der Waals surface area (Å²) >= 11 is 0. The minimum atomic E-state index is -3.23. The van der Waals surface area contributed by atoms with Gasteiger partial charge in [0.25, 0.3) is 0 Å². The molecule has 0 spiro atoms. The number of rotatable bonds is 9. The molecule has 168 valence electrons. The summed E-state index contributed by atoms with van der Waals surface area (Å²) in [6.07, 6.45) is 2.50. The molecule has 0 aliphatic carbocycles. The predicted molar refractivity (Wildman–Crippen MR) is 119 cm³/mol. The van der Waals surface area contributed by atoms with E-state index in [1.165, 1.54) is 16.4 Å². The second-order valence-corrected chi connectivity index (χ2v) is 9.87.